The number of benzene rings is 2. The van der Waals surface area contributed by atoms with Crippen LogP contribution < -0.4 is 20.1 Å². The third kappa shape index (κ3) is 4.40. The van der Waals surface area contributed by atoms with Crippen molar-refractivity contribution in [2.45, 2.75) is 6.18 Å². The minimum absolute atomic E-state index is 0.520. The summed E-state index contributed by atoms with van der Waals surface area (Å²) in [5.41, 5.74) is 3.70. The first-order valence-electron chi connectivity index (χ1n) is 9.40. The molecule has 0 bridgehead atoms. The molecule has 9 heteroatoms. The lowest BCUT2D eigenvalue weighted by atomic mass is 10.1. The Morgan fingerprint density at radius 1 is 0.966 bits per heavy atom. The number of nitrogens with one attached hydrogen (secondary N) is 1. The van der Waals surface area contributed by atoms with E-state index in [4.69, 9.17) is 17.1 Å². The van der Waals surface area contributed by atoms with E-state index in [9.17, 15) is 13.2 Å². The smallest absolute Gasteiger partial charge is 0.378 e. The van der Waals surface area contributed by atoms with Crippen molar-refractivity contribution in [1.82, 2.24) is 10.4 Å². The van der Waals surface area contributed by atoms with Gasteiger partial charge >= 0.3 is 6.18 Å². The summed E-state index contributed by atoms with van der Waals surface area (Å²) in [6.45, 7) is 4.43. The Morgan fingerprint density at radius 3 is 2.48 bits per heavy atom. The summed E-state index contributed by atoms with van der Waals surface area (Å²) in [7, 11) is 0. The molecule has 29 heavy (non-hydrogen) atoms. The zero-order chi connectivity index (χ0) is 20.4. The van der Waals surface area contributed by atoms with E-state index >= 15 is 0 Å². The van der Waals surface area contributed by atoms with Gasteiger partial charge in [0.1, 0.15) is 0 Å². The Hall–Kier alpha value is -2.52. The Bertz CT molecular complexity index is 884. The van der Waals surface area contributed by atoms with E-state index in [-0.39, 0.29) is 0 Å². The van der Waals surface area contributed by atoms with Gasteiger partial charge in [0.25, 0.3) is 0 Å². The summed E-state index contributed by atoms with van der Waals surface area (Å²) in [5, 5.41) is 0.520. The van der Waals surface area contributed by atoms with Crippen LogP contribution in [-0.4, -0.2) is 49.3 Å². The number of anilines is 2. The van der Waals surface area contributed by atoms with Crippen molar-refractivity contribution in [3.63, 3.8) is 0 Å². The zero-order valence-electron chi connectivity index (χ0n) is 15.7. The van der Waals surface area contributed by atoms with Gasteiger partial charge < -0.3 is 14.6 Å². The maximum atomic E-state index is 13.0. The Labute approximate surface area is 172 Å². The number of fused-ring (bicyclic) bond motifs is 1. The number of halogens is 3. The van der Waals surface area contributed by atoms with E-state index < -0.39 is 11.7 Å². The molecule has 0 aliphatic carbocycles. The first-order chi connectivity index (χ1) is 13.9. The average molecular weight is 422 g/mol. The van der Waals surface area contributed by atoms with Gasteiger partial charge in [-0.05, 0) is 42.5 Å². The van der Waals surface area contributed by atoms with Crippen molar-refractivity contribution in [2.24, 2.45) is 0 Å². The number of hydroxylamine groups is 1. The van der Waals surface area contributed by atoms with E-state index in [1.54, 1.807) is 6.07 Å². The molecule has 2 aliphatic rings. The van der Waals surface area contributed by atoms with Gasteiger partial charge in [0.05, 0.1) is 11.3 Å². The number of rotatable bonds is 4. The third-order valence-electron chi connectivity index (χ3n) is 5.20. The van der Waals surface area contributed by atoms with Crippen LogP contribution in [0, 0.1) is 0 Å². The Morgan fingerprint density at radius 2 is 1.72 bits per heavy atom. The van der Waals surface area contributed by atoms with Crippen molar-refractivity contribution >= 4 is 28.7 Å². The van der Waals surface area contributed by atoms with Gasteiger partial charge in [-0.25, -0.2) is 0 Å². The highest BCUT2D eigenvalue weighted by Gasteiger charge is 2.31. The van der Waals surface area contributed by atoms with Crippen molar-refractivity contribution < 1.29 is 18.0 Å². The number of hydrogen-bond acceptors (Lipinski definition) is 4. The molecular formula is C20H21F3N4OS. The molecule has 0 saturated carbocycles. The van der Waals surface area contributed by atoms with E-state index in [0.29, 0.717) is 30.4 Å². The highest BCUT2D eigenvalue weighted by Crippen LogP contribution is 2.32. The van der Waals surface area contributed by atoms with Crippen LogP contribution in [0.25, 0.3) is 0 Å². The lowest BCUT2D eigenvalue weighted by molar-refractivity contribution is -0.137. The fraction of sp³-hybridized carbons (Fsp3) is 0.350. The number of para-hydroxylation sites is 2. The van der Waals surface area contributed by atoms with Gasteiger partial charge in [0.2, 0.25) is 5.11 Å². The number of alkyl halides is 3. The van der Waals surface area contributed by atoms with Gasteiger partial charge in [-0.3, -0.25) is 4.90 Å². The van der Waals surface area contributed by atoms with Crippen LogP contribution in [0.15, 0.2) is 48.5 Å². The molecule has 2 heterocycles. The molecule has 0 atom stereocenters. The van der Waals surface area contributed by atoms with E-state index in [0.717, 1.165) is 37.1 Å². The normalized spacial score (nSPS) is 17.6. The van der Waals surface area contributed by atoms with Crippen molar-refractivity contribution in [3.8, 4) is 5.75 Å². The van der Waals surface area contributed by atoms with Crippen LogP contribution in [-0.2, 0) is 6.18 Å². The fourth-order valence-electron chi connectivity index (χ4n) is 3.60. The average Bonchev–Trinajstić information content (AvgIpc) is 2.73. The Kier molecular flexibility index (Phi) is 5.51. The molecule has 154 valence electrons. The minimum atomic E-state index is -4.32. The fourth-order valence-corrected chi connectivity index (χ4v) is 3.83. The van der Waals surface area contributed by atoms with Crippen LogP contribution in [0.5, 0.6) is 5.75 Å². The van der Waals surface area contributed by atoms with Gasteiger partial charge in [-0.15, -0.1) is 0 Å². The lowest BCUT2D eigenvalue weighted by Gasteiger charge is -2.38. The maximum Gasteiger partial charge on any atom is 0.416 e. The second-order valence-corrected chi connectivity index (χ2v) is 7.39. The molecule has 5 nitrogen and oxygen atoms in total. The highest BCUT2D eigenvalue weighted by atomic mass is 32.1. The van der Waals surface area contributed by atoms with Gasteiger partial charge in [-0.2, -0.15) is 18.7 Å². The minimum Gasteiger partial charge on any atom is -0.378 e. The standard InChI is InChI=1S/C20H21F3N4OS/c21-20(22,23)15-4-3-5-16(14-15)26-11-8-25(9-12-26)10-13-27-17-6-1-2-7-18(17)28-24-19(27)29/h1-7,14H,8-13H2,(H,24,29). The van der Waals surface area contributed by atoms with Crippen molar-refractivity contribution in [3.05, 3.63) is 54.1 Å². The van der Waals surface area contributed by atoms with Crippen LogP contribution in [0.2, 0.25) is 0 Å². The molecule has 0 spiro atoms. The molecule has 1 fully saturated rings. The molecule has 2 aromatic rings. The van der Waals surface area contributed by atoms with Crippen LogP contribution in [0.3, 0.4) is 0 Å². The molecule has 0 amide bonds. The number of thiocarbonyl (C=S) groups is 1. The number of hydrogen-bond donors (Lipinski definition) is 1. The van der Waals surface area contributed by atoms with Crippen LogP contribution >= 0.6 is 12.2 Å². The first-order valence-corrected chi connectivity index (χ1v) is 9.80. The van der Waals surface area contributed by atoms with Crippen LogP contribution in [0.1, 0.15) is 5.56 Å². The largest absolute Gasteiger partial charge is 0.416 e. The molecule has 0 aromatic heterocycles. The predicted molar refractivity (Wildman–Crippen MR) is 110 cm³/mol. The highest BCUT2D eigenvalue weighted by molar-refractivity contribution is 7.80. The second-order valence-electron chi connectivity index (χ2n) is 7.01. The first kappa shape index (κ1) is 19.8. The van der Waals surface area contributed by atoms with E-state index in [2.05, 4.69) is 10.4 Å². The quantitative estimate of drug-likeness (QED) is 0.759. The monoisotopic (exact) mass is 422 g/mol. The molecule has 0 radical (unpaired) electrons. The van der Waals surface area contributed by atoms with E-state index in [1.807, 2.05) is 34.1 Å². The summed E-state index contributed by atoms with van der Waals surface area (Å²) >= 11 is 5.37. The summed E-state index contributed by atoms with van der Waals surface area (Å²) in [6.07, 6.45) is -4.32. The van der Waals surface area contributed by atoms with Crippen molar-refractivity contribution in [1.29, 1.82) is 0 Å². The van der Waals surface area contributed by atoms with Gasteiger partial charge in [-0.1, -0.05) is 18.2 Å². The topological polar surface area (TPSA) is 31.0 Å². The molecule has 4 rings (SSSR count). The van der Waals surface area contributed by atoms with Gasteiger partial charge in [0.15, 0.2) is 5.75 Å². The third-order valence-corrected chi connectivity index (χ3v) is 5.50. The molecule has 1 saturated heterocycles. The summed E-state index contributed by atoms with van der Waals surface area (Å²) < 4.78 is 38.9. The molecule has 0 unspecified atom stereocenters. The molecule has 2 aliphatic heterocycles. The van der Waals surface area contributed by atoms with Crippen molar-refractivity contribution in [2.75, 3.05) is 49.1 Å². The number of piperazine rings is 1. The van der Waals surface area contributed by atoms with Crippen LogP contribution in [0.4, 0.5) is 24.5 Å². The summed E-state index contributed by atoms with van der Waals surface area (Å²) in [4.78, 5) is 11.7. The van der Waals surface area contributed by atoms with E-state index in [1.165, 1.54) is 12.1 Å². The summed E-state index contributed by atoms with van der Waals surface area (Å²) in [6, 6.07) is 13.2. The summed E-state index contributed by atoms with van der Waals surface area (Å²) in [5.74, 6) is 0.732. The zero-order valence-corrected chi connectivity index (χ0v) is 16.5. The second kappa shape index (κ2) is 8.08. The molecular weight excluding hydrogens is 401 g/mol. The predicted octanol–water partition coefficient (Wildman–Crippen LogP) is 3.52. The molecule has 2 aromatic carbocycles. The molecule has 1 N–H and O–H groups in total. The number of nitrogens with zero attached hydrogens (tertiary/aromatic N) is 3. The van der Waals surface area contributed by atoms with Gasteiger partial charge in [0, 0.05) is 45.0 Å². The SMILES string of the molecule is FC(F)(F)c1cccc(N2CCN(CCN3C(=S)NOc4ccccc43)CC2)c1. The Balaban J connectivity index is 1.34. The maximum absolute atomic E-state index is 13.0. The lowest BCUT2D eigenvalue weighted by Crippen LogP contribution is -2.51.